The first-order chi connectivity index (χ1) is 9.25. The Labute approximate surface area is 128 Å². The van der Waals surface area contributed by atoms with Gasteiger partial charge >= 0.3 is 5.97 Å². The highest BCUT2D eigenvalue weighted by molar-refractivity contribution is 6.35. The molecule has 0 saturated heterocycles. The van der Waals surface area contributed by atoms with E-state index >= 15 is 0 Å². The summed E-state index contributed by atoms with van der Waals surface area (Å²) in [6, 6.07) is 4.59. The molecule has 0 fully saturated rings. The van der Waals surface area contributed by atoms with Gasteiger partial charge in [0.05, 0.1) is 0 Å². The molecule has 0 heterocycles. The van der Waals surface area contributed by atoms with E-state index in [-0.39, 0.29) is 10.9 Å². The number of carboxylic acid groups (broad SMARTS) is 1. The summed E-state index contributed by atoms with van der Waals surface area (Å²) in [5, 5.41) is 10.3. The molecule has 1 aromatic rings. The van der Waals surface area contributed by atoms with Gasteiger partial charge in [0, 0.05) is 29.1 Å². The molecule has 4 nitrogen and oxygen atoms in total. The number of aliphatic carboxylic acids is 1. The first-order valence-corrected chi connectivity index (χ1v) is 6.97. The van der Waals surface area contributed by atoms with Gasteiger partial charge in [0.2, 0.25) is 5.91 Å². The van der Waals surface area contributed by atoms with Crippen LogP contribution in [0.1, 0.15) is 32.8 Å². The van der Waals surface area contributed by atoms with Gasteiger partial charge in [-0.15, -0.1) is 0 Å². The Bertz CT molecular complexity index is 533. The van der Waals surface area contributed by atoms with Crippen molar-refractivity contribution in [3.8, 4) is 0 Å². The summed E-state index contributed by atoms with van der Waals surface area (Å²) in [5.41, 5.74) is -1.18. The van der Waals surface area contributed by atoms with Gasteiger partial charge in [0.25, 0.3) is 0 Å². The number of carbonyl (C=O) groups excluding carboxylic acids is 1. The Kier molecular flexibility index (Phi) is 5.42. The van der Waals surface area contributed by atoms with Crippen molar-refractivity contribution in [2.24, 2.45) is 0 Å². The molecule has 0 aliphatic heterocycles. The van der Waals surface area contributed by atoms with Crippen LogP contribution in [0.4, 0.5) is 0 Å². The third kappa shape index (κ3) is 3.07. The summed E-state index contributed by atoms with van der Waals surface area (Å²) in [5.74, 6) is -1.45. The first kappa shape index (κ1) is 16.8. The fraction of sp³-hybridized carbons (Fsp3) is 0.429. The van der Waals surface area contributed by atoms with E-state index in [4.69, 9.17) is 23.2 Å². The van der Waals surface area contributed by atoms with Gasteiger partial charge < -0.3 is 10.0 Å². The molecule has 0 saturated carbocycles. The number of benzene rings is 1. The summed E-state index contributed by atoms with van der Waals surface area (Å²) in [7, 11) is 0. The number of rotatable bonds is 5. The van der Waals surface area contributed by atoms with Crippen molar-refractivity contribution in [2.45, 2.75) is 32.7 Å². The minimum absolute atomic E-state index is 0.227. The minimum atomic E-state index is -1.52. The molecule has 1 aromatic carbocycles. The average Bonchev–Trinajstić information content (AvgIpc) is 2.34. The largest absolute Gasteiger partial charge is 0.479 e. The number of nitrogens with zero attached hydrogens (tertiary/aromatic N) is 1. The molecular formula is C14H17Cl2NO3. The van der Waals surface area contributed by atoms with Crippen LogP contribution < -0.4 is 0 Å². The van der Waals surface area contributed by atoms with Gasteiger partial charge in [-0.05, 0) is 25.5 Å². The van der Waals surface area contributed by atoms with E-state index in [9.17, 15) is 14.7 Å². The number of carboxylic acids is 1. The fourth-order valence-corrected chi connectivity index (χ4v) is 2.77. The Morgan fingerprint density at radius 1 is 1.35 bits per heavy atom. The van der Waals surface area contributed by atoms with E-state index in [0.717, 1.165) is 0 Å². The smallest absolute Gasteiger partial charge is 0.334 e. The van der Waals surface area contributed by atoms with Crippen molar-refractivity contribution in [1.82, 2.24) is 4.90 Å². The van der Waals surface area contributed by atoms with Crippen LogP contribution in [0, 0.1) is 0 Å². The first-order valence-electron chi connectivity index (χ1n) is 6.22. The number of carbonyl (C=O) groups is 2. The average molecular weight is 318 g/mol. The second-order valence-electron chi connectivity index (χ2n) is 4.67. The van der Waals surface area contributed by atoms with Crippen LogP contribution >= 0.6 is 23.2 Å². The maximum absolute atomic E-state index is 11.8. The number of halogens is 2. The zero-order valence-electron chi connectivity index (χ0n) is 11.6. The molecule has 0 spiro atoms. The lowest BCUT2D eigenvalue weighted by atomic mass is 9.89. The summed E-state index contributed by atoms with van der Waals surface area (Å²) in [6.07, 6.45) is 0.646. The maximum Gasteiger partial charge on any atom is 0.334 e. The Hall–Kier alpha value is -1.26. The lowest BCUT2D eigenvalue weighted by Gasteiger charge is -2.38. The quantitative estimate of drug-likeness (QED) is 0.903. The number of hydrogen-bond acceptors (Lipinski definition) is 2. The molecule has 0 aromatic heterocycles. The van der Waals surface area contributed by atoms with E-state index < -0.39 is 11.5 Å². The number of hydrogen-bond donors (Lipinski definition) is 1. The van der Waals surface area contributed by atoms with Crippen molar-refractivity contribution < 1.29 is 14.7 Å². The van der Waals surface area contributed by atoms with Gasteiger partial charge in [0.1, 0.15) is 0 Å². The van der Waals surface area contributed by atoms with Gasteiger partial charge in [-0.3, -0.25) is 4.79 Å². The Morgan fingerprint density at radius 3 is 2.35 bits per heavy atom. The van der Waals surface area contributed by atoms with Crippen LogP contribution in [0.15, 0.2) is 18.2 Å². The summed E-state index contributed by atoms with van der Waals surface area (Å²) in [6.45, 7) is 5.03. The number of amides is 1. The minimum Gasteiger partial charge on any atom is -0.479 e. The summed E-state index contributed by atoms with van der Waals surface area (Å²) >= 11 is 12.0. The van der Waals surface area contributed by atoms with Crippen LogP contribution in [0.3, 0.4) is 0 Å². The third-order valence-electron chi connectivity index (χ3n) is 3.24. The zero-order valence-corrected chi connectivity index (χ0v) is 13.1. The molecule has 6 heteroatoms. The van der Waals surface area contributed by atoms with Crippen LogP contribution in [0.25, 0.3) is 0 Å². The second kappa shape index (κ2) is 6.46. The van der Waals surface area contributed by atoms with Gasteiger partial charge in [0.15, 0.2) is 5.54 Å². The molecule has 1 rings (SSSR count). The van der Waals surface area contributed by atoms with Crippen LogP contribution in [0.2, 0.25) is 10.0 Å². The predicted octanol–water partition coefficient (Wildman–Crippen LogP) is 3.55. The molecule has 0 aliphatic rings. The topological polar surface area (TPSA) is 57.6 Å². The highest BCUT2D eigenvalue weighted by Gasteiger charge is 2.44. The van der Waals surface area contributed by atoms with E-state index in [1.54, 1.807) is 12.1 Å². The van der Waals surface area contributed by atoms with Crippen LogP contribution in [-0.4, -0.2) is 28.4 Å². The standard InChI is InChI=1S/C14H17Cl2NO3/c1-4-7-17(9(2)18)14(3,13(19)20)11-6-5-10(15)8-12(11)16/h5-6,8H,4,7H2,1-3H3,(H,19,20). The van der Waals surface area contributed by atoms with E-state index in [2.05, 4.69) is 0 Å². The van der Waals surface area contributed by atoms with Crippen molar-refractivity contribution in [3.05, 3.63) is 33.8 Å². The zero-order chi connectivity index (χ0) is 15.5. The molecular weight excluding hydrogens is 301 g/mol. The van der Waals surface area contributed by atoms with Crippen molar-refractivity contribution in [2.75, 3.05) is 6.54 Å². The second-order valence-corrected chi connectivity index (χ2v) is 5.52. The Balaban J connectivity index is 3.47. The summed E-state index contributed by atoms with van der Waals surface area (Å²) in [4.78, 5) is 24.9. The molecule has 0 radical (unpaired) electrons. The SMILES string of the molecule is CCCN(C(C)=O)C(C)(C(=O)O)c1ccc(Cl)cc1Cl. The predicted molar refractivity (Wildman–Crippen MR) is 79.1 cm³/mol. The summed E-state index contributed by atoms with van der Waals surface area (Å²) < 4.78 is 0. The third-order valence-corrected chi connectivity index (χ3v) is 3.79. The van der Waals surface area contributed by atoms with Crippen molar-refractivity contribution >= 4 is 35.1 Å². The molecule has 1 atom stereocenters. The van der Waals surface area contributed by atoms with Crippen molar-refractivity contribution in [1.29, 1.82) is 0 Å². The van der Waals surface area contributed by atoms with Crippen LogP contribution in [0.5, 0.6) is 0 Å². The van der Waals surface area contributed by atoms with Gasteiger partial charge in [-0.1, -0.05) is 36.2 Å². The maximum atomic E-state index is 11.8. The Morgan fingerprint density at radius 2 is 1.95 bits per heavy atom. The molecule has 20 heavy (non-hydrogen) atoms. The van der Waals surface area contributed by atoms with Crippen LogP contribution in [-0.2, 0) is 15.1 Å². The molecule has 1 unspecified atom stereocenters. The fourth-order valence-electron chi connectivity index (χ4n) is 2.18. The van der Waals surface area contributed by atoms with E-state index in [0.29, 0.717) is 23.6 Å². The monoisotopic (exact) mass is 317 g/mol. The van der Waals surface area contributed by atoms with E-state index in [1.165, 1.54) is 24.8 Å². The van der Waals surface area contributed by atoms with Crippen molar-refractivity contribution in [3.63, 3.8) is 0 Å². The van der Waals surface area contributed by atoms with Gasteiger partial charge in [-0.2, -0.15) is 0 Å². The normalized spacial score (nSPS) is 13.7. The molecule has 0 aliphatic carbocycles. The lowest BCUT2D eigenvalue weighted by molar-refractivity contribution is -0.158. The van der Waals surface area contributed by atoms with E-state index in [1.807, 2.05) is 6.92 Å². The highest BCUT2D eigenvalue weighted by Crippen LogP contribution is 2.35. The molecule has 0 bridgehead atoms. The highest BCUT2D eigenvalue weighted by atomic mass is 35.5. The lowest BCUT2D eigenvalue weighted by Crippen LogP contribution is -2.52. The van der Waals surface area contributed by atoms with Gasteiger partial charge in [-0.25, -0.2) is 4.79 Å². The molecule has 1 N–H and O–H groups in total. The molecule has 110 valence electrons. The molecule has 1 amide bonds.